The SMILES string of the molecule is CN(CC(=O)Nc1ccc(N2CCOCC2)cc1)C(=O)c1ccc2nc[nH]c2c1. The van der Waals surface area contributed by atoms with Gasteiger partial charge in [-0.1, -0.05) is 0 Å². The molecule has 3 aromatic rings. The quantitative estimate of drug-likeness (QED) is 0.693. The number of carbonyl (C=O) groups excluding carboxylic acids is 2. The summed E-state index contributed by atoms with van der Waals surface area (Å²) in [6.45, 7) is 3.15. The molecule has 1 fully saturated rings. The molecule has 0 bridgehead atoms. The molecular formula is C21H23N5O3. The Morgan fingerprint density at radius 3 is 2.69 bits per heavy atom. The second-order valence-corrected chi connectivity index (χ2v) is 6.99. The summed E-state index contributed by atoms with van der Waals surface area (Å²) >= 11 is 0. The number of anilines is 2. The number of ether oxygens (including phenoxy) is 1. The van der Waals surface area contributed by atoms with Crippen LogP contribution in [0.25, 0.3) is 11.0 Å². The molecule has 0 unspecified atom stereocenters. The standard InChI is InChI=1S/C21H23N5O3/c1-25(21(28)15-2-7-18-19(12-15)23-14-22-18)13-20(27)24-16-3-5-17(6-4-16)26-8-10-29-11-9-26/h2-7,12,14H,8-11,13H2,1H3,(H,22,23)(H,24,27). The number of rotatable bonds is 5. The van der Waals surface area contributed by atoms with Crippen LogP contribution in [0.2, 0.25) is 0 Å². The molecule has 2 N–H and O–H groups in total. The first-order valence-electron chi connectivity index (χ1n) is 9.51. The van der Waals surface area contributed by atoms with Crippen LogP contribution in [0.15, 0.2) is 48.8 Å². The average Bonchev–Trinajstić information content (AvgIpc) is 3.22. The van der Waals surface area contributed by atoms with Gasteiger partial charge in [-0.15, -0.1) is 0 Å². The summed E-state index contributed by atoms with van der Waals surface area (Å²) < 4.78 is 5.37. The minimum Gasteiger partial charge on any atom is -0.378 e. The highest BCUT2D eigenvalue weighted by Crippen LogP contribution is 2.19. The van der Waals surface area contributed by atoms with Crippen LogP contribution in [0.1, 0.15) is 10.4 Å². The number of aromatic nitrogens is 2. The van der Waals surface area contributed by atoms with E-state index in [1.165, 1.54) is 4.90 Å². The zero-order valence-electron chi connectivity index (χ0n) is 16.2. The molecule has 1 aromatic heterocycles. The number of hydrogen-bond acceptors (Lipinski definition) is 5. The first-order chi connectivity index (χ1) is 14.1. The van der Waals surface area contributed by atoms with E-state index >= 15 is 0 Å². The summed E-state index contributed by atoms with van der Waals surface area (Å²) in [5.41, 5.74) is 3.89. The Morgan fingerprint density at radius 1 is 1.17 bits per heavy atom. The maximum absolute atomic E-state index is 12.6. The maximum Gasteiger partial charge on any atom is 0.254 e. The molecule has 0 aliphatic carbocycles. The topological polar surface area (TPSA) is 90.6 Å². The molecule has 1 saturated heterocycles. The molecular weight excluding hydrogens is 370 g/mol. The number of aromatic amines is 1. The van der Waals surface area contributed by atoms with Crippen LogP contribution in [0, 0.1) is 0 Å². The van der Waals surface area contributed by atoms with Crippen LogP contribution in [0.4, 0.5) is 11.4 Å². The second-order valence-electron chi connectivity index (χ2n) is 6.99. The van der Waals surface area contributed by atoms with Crippen molar-refractivity contribution in [1.82, 2.24) is 14.9 Å². The lowest BCUT2D eigenvalue weighted by Gasteiger charge is -2.28. The van der Waals surface area contributed by atoms with Crippen molar-refractivity contribution in [3.05, 3.63) is 54.4 Å². The first-order valence-corrected chi connectivity index (χ1v) is 9.51. The number of H-pyrrole nitrogens is 1. The van der Waals surface area contributed by atoms with E-state index in [0.29, 0.717) is 11.3 Å². The molecule has 0 radical (unpaired) electrons. The number of nitrogens with zero attached hydrogens (tertiary/aromatic N) is 3. The highest BCUT2D eigenvalue weighted by atomic mass is 16.5. The van der Waals surface area contributed by atoms with Crippen molar-refractivity contribution in [2.75, 3.05) is 50.1 Å². The van der Waals surface area contributed by atoms with E-state index in [1.807, 2.05) is 24.3 Å². The Bertz CT molecular complexity index is 1010. The second kappa shape index (κ2) is 8.32. The van der Waals surface area contributed by atoms with Gasteiger partial charge in [0.2, 0.25) is 5.91 Å². The highest BCUT2D eigenvalue weighted by molar-refractivity contribution is 6.00. The van der Waals surface area contributed by atoms with Crippen LogP contribution in [-0.2, 0) is 9.53 Å². The molecule has 8 heteroatoms. The predicted octanol–water partition coefficient (Wildman–Crippen LogP) is 2.11. The van der Waals surface area contributed by atoms with Crippen molar-refractivity contribution in [2.24, 2.45) is 0 Å². The Morgan fingerprint density at radius 2 is 1.93 bits per heavy atom. The van der Waals surface area contributed by atoms with Crippen molar-refractivity contribution in [3.8, 4) is 0 Å². The van der Waals surface area contributed by atoms with Gasteiger partial charge in [0, 0.05) is 37.1 Å². The van der Waals surface area contributed by atoms with Gasteiger partial charge in [0.05, 0.1) is 37.1 Å². The smallest absolute Gasteiger partial charge is 0.254 e. The van der Waals surface area contributed by atoms with Crippen LogP contribution < -0.4 is 10.2 Å². The molecule has 8 nitrogen and oxygen atoms in total. The van der Waals surface area contributed by atoms with Crippen molar-refractivity contribution >= 4 is 34.2 Å². The van der Waals surface area contributed by atoms with Crippen molar-refractivity contribution in [2.45, 2.75) is 0 Å². The third kappa shape index (κ3) is 4.38. The molecule has 1 aliphatic heterocycles. The average molecular weight is 393 g/mol. The zero-order chi connectivity index (χ0) is 20.2. The number of likely N-dealkylation sites (N-methyl/N-ethyl adjacent to an activating group) is 1. The highest BCUT2D eigenvalue weighted by Gasteiger charge is 2.16. The fraction of sp³-hybridized carbons (Fsp3) is 0.286. The fourth-order valence-electron chi connectivity index (χ4n) is 3.35. The Kier molecular flexibility index (Phi) is 5.44. The van der Waals surface area contributed by atoms with Crippen LogP contribution in [-0.4, -0.2) is 66.6 Å². The molecule has 2 heterocycles. The molecule has 2 amide bonds. The molecule has 2 aromatic carbocycles. The lowest BCUT2D eigenvalue weighted by molar-refractivity contribution is -0.116. The predicted molar refractivity (Wildman–Crippen MR) is 111 cm³/mol. The Hall–Kier alpha value is -3.39. The monoisotopic (exact) mass is 393 g/mol. The van der Waals surface area contributed by atoms with Gasteiger partial charge in [-0.05, 0) is 42.5 Å². The number of hydrogen-bond donors (Lipinski definition) is 2. The van der Waals surface area contributed by atoms with Crippen LogP contribution >= 0.6 is 0 Å². The molecule has 29 heavy (non-hydrogen) atoms. The molecule has 0 saturated carbocycles. The van der Waals surface area contributed by atoms with Gasteiger partial charge in [-0.3, -0.25) is 9.59 Å². The molecule has 150 valence electrons. The van der Waals surface area contributed by atoms with Crippen LogP contribution in [0.3, 0.4) is 0 Å². The fourth-order valence-corrected chi connectivity index (χ4v) is 3.35. The number of morpholine rings is 1. The number of amides is 2. The summed E-state index contributed by atoms with van der Waals surface area (Å²) in [4.78, 5) is 35.8. The zero-order valence-corrected chi connectivity index (χ0v) is 16.2. The number of fused-ring (bicyclic) bond motifs is 1. The summed E-state index contributed by atoms with van der Waals surface area (Å²) in [5, 5.41) is 2.84. The molecule has 1 aliphatic rings. The number of imidazole rings is 1. The maximum atomic E-state index is 12.6. The molecule has 0 atom stereocenters. The first kappa shape index (κ1) is 18.9. The number of benzene rings is 2. The minimum absolute atomic E-state index is 0.0366. The summed E-state index contributed by atoms with van der Waals surface area (Å²) in [6, 6.07) is 12.9. The lowest BCUT2D eigenvalue weighted by atomic mass is 10.2. The third-order valence-corrected chi connectivity index (χ3v) is 4.92. The Labute approximate surface area is 168 Å². The van der Waals surface area contributed by atoms with E-state index in [2.05, 4.69) is 20.2 Å². The van der Waals surface area contributed by atoms with Gasteiger partial charge in [0.15, 0.2) is 0 Å². The van der Waals surface area contributed by atoms with Gasteiger partial charge in [0.1, 0.15) is 0 Å². The van der Waals surface area contributed by atoms with Gasteiger partial charge in [-0.2, -0.15) is 0 Å². The summed E-state index contributed by atoms with van der Waals surface area (Å²) in [5.74, 6) is -0.470. The van der Waals surface area contributed by atoms with E-state index in [9.17, 15) is 9.59 Å². The minimum atomic E-state index is -0.248. The van der Waals surface area contributed by atoms with E-state index in [-0.39, 0.29) is 18.4 Å². The largest absolute Gasteiger partial charge is 0.378 e. The van der Waals surface area contributed by atoms with Crippen molar-refractivity contribution in [1.29, 1.82) is 0 Å². The van der Waals surface area contributed by atoms with Gasteiger partial charge in [0.25, 0.3) is 5.91 Å². The number of carbonyl (C=O) groups is 2. The van der Waals surface area contributed by atoms with Gasteiger partial charge >= 0.3 is 0 Å². The normalized spacial score (nSPS) is 14.0. The van der Waals surface area contributed by atoms with E-state index < -0.39 is 0 Å². The van der Waals surface area contributed by atoms with Crippen LogP contribution in [0.5, 0.6) is 0 Å². The van der Waals surface area contributed by atoms with Crippen molar-refractivity contribution in [3.63, 3.8) is 0 Å². The summed E-state index contributed by atoms with van der Waals surface area (Å²) in [7, 11) is 1.61. The molecule has 4 rings (SSSR count). The van der Waals surface area contributed by atoms with Gasteiger partial charge in [-0.25, -0.2) is 4.98 Å². The van der Waals surface area contributed by atoms with E-state index in [4.69, 9.17) is 4.74 Å². The van der Waals surface area contributed by atoms with Crippen molar-refractivity contribution < 1.29 is 14.3 Å². The third-order valence-electron chi connectivity index (χ3n) is 4.92. The number of nitrogens with one attached hydrogen (secondary N) is 2. The summed E-state index contributed by atoms with van der Waals surface area (Å²) in [6.07, 6.45) is 1.58. The molecule has 0 spiro atoms. The van der Waals surface area contributed by atoms with Gasteiger partial charge < -0.3 is 24.8 Å². The lowest BCUT2D eigenvalue weighted by Crippen LogP contribution is -2.36. The van der Waals surface area contributed by atoms with E-state index in [1.54, 1.807) is 31.6 Å². The van der Waals surface area contributed by atoms with E-state index in [0.717, 1.165) is 43.0 Å². The Balaban J connectivity index is 1.34.